The standard InChI is InChI=1S/C23H35N3O5S/c1-4-24(16-20-9-14-31-17-20)22(27)7-8-23(28)25-10-12-26(13-11-25)32(29,30)21-15-18(2)5-6-19(21)3/h5-6,15,20H,4,7-14,16-17H2,1-3H3. The number of hydrogen-bond donors (Lipinski definition) is 0. The molecule has 0 spiro atoms. The lowest BCUT2D eigenvalue weighted by molar-refractivity contribution is -0.137. The summed E-state index contributed by atoms with van der Waals surface area (Å²) < 4.78 is 33.0. The molecular formula is C23H35N3O5S. The molecule has 2 aliphatic heterocycles. The van der Waals surface area contributed by atoms with Gasteiger partial charge in [-0.15, -0.1) is 0 Å². The molecule has 8 nitrogen and oxygen atoms in total. The summed E-state index contributed by atoms with van der Waals surface area (Å²) in [6.45, 7) is 9.57. The number of carbonyl (C=O) groups is 2. The summed E-state index contributed by atoms with van der Waals surface area (Å²) >= 11 is 0. The van der Waals surface area contributed by atoms with E-state index < -0.39 is 10.0 Å². The highest BCUT2D eigenvalue weighted by atomic mass is 32.2. The molecule has 32 heavy (non-hydrogen) atoms. The Morgan fingerprint density at radius 2 is 1.84 bits per heavy atom. The van der Waals surface area contributed by atoms with Crippen LogP contribution in [0.4, 0.5) is 0 Å². The number of ether oxygens (including phenoxy) is 1. The van der Waals surface area contributed by atoms with Crippen LogP contribution in [0.3, 0.4) is 0 Å². The SMILES string of the molecule is CCN(CC1CCOC1)C(=O)CCC(=O)N1CCN(S(=O)(=O)c2cc(C)ccc2C)CC1. The molecule has 0 saturated carbocycles. The number of benzene rings is 1. The number of sulfonamides is 1. The number of hydrogen-bond acceptors (Lipinski definition) is 5. The number of carbonyl (C=O) groups excluding carboxylic acids is 2. The third kappa shape index (κ3) is 5.88. The molecule has 2 saturated heterocycles. The summed E-state index contributed by atoms with van der Waals surface area (Å²) in [6.07, 6.45) is 1.31. The molecule has 9 heteroatoms. The Morgan fingerprint density at radius 1 is 1.12 bits per heavy atom. The van der Waals surface area contributed by atoms with Crippen LogP contribution in [0.15, 0.2) is 23.1 Å². The first-order chi connectivity index (χ1) is 15.2. The maximum atomic E-state index is 13.1. The Labute approximate surface area is 191 Å². The van der Waals surface area contributed by atoms with Crippen LogP contribution < -0.4 is 0 Å². The zero-order valence-corrected chi connectivity index (χ0v) is 20.2. The van der Waals surface area contributed by atoms with E-state index in [9.17, 15) is 18.0 Å². The Hall–Kier alpha value is -1.97. The molecule has 0 N–H and O–H groups in total. The fourth-order valence-electron chi connectivity index (χ4n) is 4.28. The zero-order valence-electron chi connectivity index (χ0n) is 19.4. The van der Waals surface area contributed by atoms with E-state index >= 15 is 0 Å². The van der Waals surface area contributed by atoms with E-state index in [2.05, 4.69) is 0 Å². The molecule has 1 aromatic rings. The Bertz CT molecular complexity index is 920. The van der Waals surface area contributed by atoms with Gasteiger partial charge in [-0.1, -0.05) is 12.1 Å². The number of nitrogens with zero attached hydrogens (tertiary/aromatic N) is 3. The van der Waals surface area contributed by atoms with Crippen LogP contribution in [0.1, 0.15) is 37.3 Å². The van der Waals surface area contributed by atoms with Crippen molar-refractivity contribution in [2.45, 2.75) is 44.9 Å². The molecule has 2 fully saturated rings. The molecule has 2 heterocycles. The van der Waals surface area contributed by atoms with Gasteiger partial charge in [-0.25, -0.2) is 8.42 Å². The van der Waals surface area contributed by atoms with Gasteiger partial charge in [0.25, 0.3) is 0 Å². The third-order valence-electron chi connectivity index (χ3n) is 6.34. The highest BCUT2D eigenvalue weighted by molar-refractivity contribution is 7.89. The number of aryl methyl sites for hydroxylation is 2. The predicted molar refractivity (Wildman–Crippen MR) is 122 cm³/mol. The summed E-state index contributed by atoms with van der Waals surface area (Å²) in [5, 5.41) is 0. The molecule has 0 aliphatic carbocycles. The highest BCUT2D eigenvalue weighted by Gasteiger charge is 2.31. The number of rotatable bonds is 8. The third-order valence-corrected chi connectivity index (χ3v) is 8.38. The van der Waals surface area contributed by atoms with Gasteiger partial charge in [0.1, 0.15) is 0 Å². The Morgan fingerprint density at radius 3 is 2.47 bits per heavy atom. The van der Waals surface area contributed by atoms with Crippen LogP contribution in [-0.4, -0.2) is 86.8 Å². The van der Waals surface area contributed by atoms with Crippen LogP contribution in [0.5, 0.6) is 0 Å². The lowest BCUT2D eigenvalue weighted by atomic mass is 10.1. The topological polar surface area (TPSA) is 87.2 Å². The van der Waals surface area contributed by atoms with Crippen LogP contribution >= 0.6 is 0 Å². The minimum atomic E-state index is -3.59. The van der Waals surface area contributed by atoms with Gasteiger partial charge < -0.3 is 14.5 Å². The molecule has 1 atom stereocenters. The molecule has 2 amide bonds. The largest absolute Gasteiger partial charge is 0.381 e. The zero-order chi connectivity index (χ0) is 23.3. The maximum absolute atomic E-state index is 13.1. The number of amides is 2. The quantitative estimate of drug-likeness (QED) is 0.584. The molecule has 2 aliphatic rings. The minimum absolute atomic E-state index is 0.0103. The first-order valence-corrected chi connectivity index (χ1v) is 12.9. The average molecular weight is 466 g/mol. The lowest BCUT2D eigenvalue weighted by Gasteiger charge is -2.34. The highest BCUT2D eigenvalue weighted by Crippen LogP contribution is 2.23. The van der Waals surface area contributed by atoms with Crippen molar-refractivity contribution >= 4 is 21.8 Å². The summed E-state index contributed by atoms with van der Waals surface area (Å²) in [7, 11) is -3.59. The summed E-state index contributed by atoms with van der Waals surface area (Å²) in [5.41, 5.74) is 1.62. The predicted octanol–water partition coefficient (Wildman–Crippen LogP) is 1.80. The van der Waals surface area contributed by atoms with Crippen molar-refractivity contribution in [3.05, 3.63) is 29.3 Å². The van der Waals surface area contributed by atoms with Gasteiger partial charge in [-0.05, 0) is 44.4 Å². The summed E-state index contributed by atoms with van der Waals surface area (Å²) in [4.78, 5) is 29.0. The average Bonchev–Trinajstić information content (AvgIpc) is 3.30. The van der Waals surface area contributed by atoms with Gasteiger partial charge in [0.2, 0.25) is 21.8 Å². The van der Waals surface area contributed by atoms with Crippen molar-refractivity contribution < 1.29 is 22.7 Å². The smallest absolute Gasteiger partial charge is 0.243 e. The second-order valence-corrected chi connectivity index (χ2v) is 10.6. The Kier molecular flexibility index (Phi) is 8.30. The van der Waals surface area contributed by atoms with E-state index in [1.54, 1.807) is 22.8 Å². The molecule has 1 unspecified atom stereocenters. The van der Waals surface area contributed by atoms with Crippen molar-refractivity contribution in [2.75, 3.05) is 52.5 Å². The van der Waals surface area contributed by atoms with Gasteiger partial charge in [0.15, 0.2) is 0 Å². The fourth-order valence-corrected chi connectivity index (χ4v) is 6.01. The van der Waals surface area contributed by atoms with Gasteiger partial charge >= 0.3 is 0 Å². The molecule has 178 valence electrons. The minimum Gasteiger partial charge on any atom is -0.381 e. The van der Waals surface area contributed by atoms with Crippen molar-refractivity contribution in [3.8, 4) is 0 Å². The molecule has 1 aromatic carbocycles. The van der Waals surface area contributed by atoms with E-state index in [-0.39, 0.29) is 37.7 Å². The summed E-state index contributed by atoms with van der Waals surface area (Å²) in [6, 6.07) is 5.41. The molecule has 0 aromatic heterocycles. The van der Waals surface area contributed by atoms with E-state index in [0.29, 0.717) is 43.6 Å². The lowest BCUT2D eigenvalue weighted by Crippen LogP contribution is -2.50. The maximum Gasteiger partial charge on any atom is 0.243 e. The molecule has 3 rings (SSSR count). The van der Waals surface area contributed by atoms with Crippen molar-refractivity contribution in [2.24, 2.45) is 5.92 Å². The fraction of sp³-hybridized carbons (Fsp3) is 0.652. The van der Waals surface area contributed by atoms with Crippen LogP contribution in [-0.2, 0) is 24.3 Å². The van der Waals surface area contributed by atoms with E-state index in [0.717, 1.165) is 24.2 Å². The van der Waals surface area contributed by atoms with Crippen molar-refractivity contribution in [1.29, 1.82) is 0 Å². The Balaban J connectivity index is 1.49. The van der Waals surface area contributed by atoms with E-state index in [4.69, 9.17) is 4.74 Å². The monoisotopic (exact) mass is 465 g/mol. The van der Waals surface area contributed by atoms with Crippen LogP contribution in [0, 0.1) is 19.8 Å². The van der Waals surface area contributed by atoms with Crippen molar-refractivity contribution in [3.63, 3.8) is 0 Å². The van der Waals surface area contributed by atoms with Crippen LogP contribution in [0.2, 0.25) is 0 Å². The van der Waals surface area contributed by atoms with Crippen LogP contribution in [0.25, 0.3) is 0 Å². The molecule has 0 bridgehead atoms. The van der Waals surface area contributed by atoms with Crippen molar-refractivity contribution in [1.82, 2.24) is 14.1 Å². The van der Waals surface area contributed by atoms with Gasteiger partial charge in [0.05, 0.1) is 11.5 Å². The first-order valence-electron chi connectivity index (χ1n) is 11.4. The summed E-state index contributed by atoms with van der Waals surface area (Å²) in [5.74, 6) is 0.271. The van der Waals surface area contributed by atoms with Gasteiger partial charge in [-0.3, -0.25) is 9.59 Å². The van der Waals surface area contributed by atoms with Gasteiger partial charge in [0, 0.05) is 64.6 Å². The molecule has 0 radical (unpaired) electrons. The second-order valence-electron chi connectivity index (χ2n) is 8.72. The molecular weight excluding hydrogens is 430 g/mol. The second kappa shape index (κ2) is 10.8. The first kappa shape index (κ1) is 24.7. The van der Waals surface area contributed by atoms with E-state index in [1.807, 2.05) is 26.0 Å². The normalized spacial score (nSPS) is 19.8. The van der Waals surface area contributed by atoms with E-state index in [1.165, 1.54) is 4.31 Å². The van der Waals surface area contributed by atoms with Gasteiger partial charge in [-0.2, -0.15) is 4.31 Å². The number of piperazine rings is 1.